The Bertz CT molecular complexity index is 1350. The molecule has 0 fully saturated rings. The highest BCUT2D eigenvalue weighted by Crippen LogP contribution is 2.30. The zero-order valence-electron chi connectivity index (χ0n) is 17.4. The molecule has 0 saturated heterocycles. The molecular formula is C24H21FN2O3S. The van der Waals surface area contributed by atoms with Gasteiger partial charge in [-0.2, -0.15) is 0 Å². The van der Waals surface area contributed by atoms with Crippen molar-refractivity contribution in [2.75, 3.05) is 6.61 Å². The Morgan fingerprint density at radius 3 is 2.48 bits per heavy atom. The van der Waals surface area contributed by atoms with E-state index in [2.05, 4.69) is 4.99 Å². The van der Waals surface area contributed by atoms with Crippen LogP contribution in [0.4, 0.5) is 4.39 Å². The van der Waals surface area contributed by atoms with Crippen LogP contribution >= 0.6 is 11.3 Å². The zero-order valence-corrected chi connectivity index (χ0v) is 18.2. The smallest absolute Gasteiger partial charge is 0.338 e. The fourth-order valence-electron chi connectivity index (χ4n) is 3.57. The molecule has 4 rings (SSSR count). The number of esters is 1. The van der Waals surface area contributed by atoms with Crippen LogP contribution in [-0.2, 0) is 9.53 Å². The molecule has 7 heteroatoms. The minimum Gasteiger partial charge on any atom is -0.463 e. The number of carbonyl (C=O) groups excluding carboxylic acids is 1. The lowest BCUT2D eigenvalue weighted by Gasteiger charge is -2.24. The minimum absolute atomic E-state index is 0.198. The van der Waals surface area contributed by atoms with Gasteiger partial charge < -0.3 is 4.74 Å². The van der Waals surface area contributed by atoms with Crippen molar-refractivity contribution in [1.29, 1.82) is 0 Å². The van der Waals surface area contributed by atoms with Gasteiger partial charge in [-0.15, -0.1) is 0 Å². The maximum atomic E-state index is 13.6. The third kappa shape index (κ3) is 4.01. The molecular weight excluding hydrogens is 415 g/mol. The fraction of sp³-hybridized carbons (Fsp3) is 0.208. The van der Waals surface area contributed by atoms with Crippen molar-refractivity contribution in [1.82, 2.24) is 4.57 Å². The number of ether oxygens (including phenoxy) is 1. The van der Waals surface area contributed by atoms with Crippen LogP contribution in [0.2, 0.25) is 0 Å². The van der Waals surface area contributed by atoms with Gasteiger partial charge in [0.05, 0.1) is 28.5 Å². The molecule has 0 unspecified atom stereocenters. The number of rotatable bonds is 4. The summed E-state index contributed by atoms with van der Waals surface area (Å²) in [7, 11) is 0. The highest BCUT2D eigenvalue weighted by Gasteiger charge is 2.33. The Morgan fingerprint density at radius 2 is 1.84 bits per heavy atom. The predicted octanol–water partition coefficient (Wildman–Crippen LogP) is 3.25. The second kappa shape index (κ2) is 8.43. The third-order valence-corrected chi connectivity index (χ3v) is 6.06. The molecule has 1 atom stereocenters. The molecule has 0 N–H and O–H groups in total. The molecule has 0 amide bonds. The molecule has 0 bridgehead atoms. The summed E-state index contributed by atoms with van der Waals surface area (Å²) in [4.78, 5) is 31.2. The maximum absolute atomic E-state index is 13.6. The number of benzene rings is 2. The van der Waals surface area contributed by atoms with Crippen molar-refractivity contribution in [3.8, 4) is 0 Å². The summed E-state index contributed by atoms with van der Waals surface area (Å²) in [5.74, 6) is -0.931. The van der Waals surface area contributed by atoms with Gasteiger partial charge in [0, 0.05) is 0 Å². The van der Waals surface area contributed by atoms with E-state index >= 15 is 0 Å². The van der Waals surface area contributed by atoms with Crippen LogP contribution in [0.5, 0.6) is 0 Å². The van der Waals surface area contributed by atoms with Crippen LogP contribution in [0.25, 0.3) is 6.08 Å². The van der Waals surface area contributed by atoms with E-state index < -0.39 is 17.8 Å². The van der Waals surface area contributed by atoms with Crippen molar-refractivity contribution in [3.05, 3.63) is 102 Å². The predicted molar refractivity (Wildman–Crippen MR) is 118 cm³/mol. The molecule has 31 heavy (non-hydrogen) atoms. The monoisotopic (exact) mass is 436 g/mol. The quantitative estimate of drug-likeness (QED) is 0.590. The molecule has 2 heterocycles. The highest BCUT2D eigenvalue weighted by atomic mass is 32.1. The van der Waals surface area contributed by atoms with Gasteiger partial charge in [-0.1, -0.05) is 53.3 Å². The number of halogens is 1. The van der Waals surface area contributed by atoms with Crippen LogP contribution in [0.15, 0.2) is 69.6 Å². The highest BCUT2D eigenvalue weighted by molar-refractivity contribution is 7.07. The Labute approximate surface area is 182 Å². The molecule has 2 aromatic carbocycles. The van der Waals surface area contributed by atoms with Crippen molar-refractivity contribution >= 4 is 23.4 Å². The lowest BCUT2D eigenvalue weighted by molar-refractivity contribution is -0.139. The molecule has 0 aliphatic carbocycles. The van der Waals surface area contributed by atoms with E-state index in [1.54, 1.807) is 26.0 Å². The summed E-state index contributed by atoms with van der Waals surface area (Å²) in [5, 5.41) is 0. The van der Waals surface area contributed by atoms with Crippen molar-refractivity contribution < 1.29 is 13.9 Å². The summed E-state index contributed by atoms with van der Waals surface area (Å²) < 4.78 is 20.8. The molecule has 1 aliphatic rings. The number of nitrogens with zero attached hydrogens (tertiary/aromatic N) is 2. The summed E-state index contributed by atoms with van der Waals surface area (Å²) >= 11 is 1.26. The second-order valence-corrected chi connectivity index (χ2v) is 8.27. The Kier molecular flexibility index (Phi) is 5.69. The first-order valence-corrected chi connectivity index (χ1v) is 10.7. The molecule has 0 spiro atoms. The van der Waals surface area contributed by atoms with Gasteiger partial charge >= 0.3 is 5.97 Å². The molecule has 5 nitrogen and oxygen atoms in total. The second-order valence-electron chi connectivity index (χ2n) is 7.26. The molecule has 1 aliphatic heterocycles. The standard InChI is InChI=1S/C24H21FN2O3S/c1-4-30-23(29)20-15(3)26-24-27(21(20)17-9-11-18(25)12-10-17)22(28)19(31-24)13-16-7-5-14(2)6-8-16/h5-13,21H,4H2,1-3H3/b19-13-/t21-/m1/s1. The Balaban J connectivity index is 1.94. The lowest BCUT2D eigenvalue weighted by atomic mass is 9.96. The van der Waals surface area contributed by atoms with Crippen molar-refractivity contribution in [2.45, 2.75) is 26.8 Å². The molecule has 1 aromatic heterocycles. The Hall–Kier alpha value is -3.32. The van der Waals surface area contributed by atoms with Crippen LogP contribution in [0.3, 0.4) is 0 Å². The van der Waals surface area contributed by atoms with E-state index in [0.717, 1.165) is 11.1 Å². The van der Waals surface area contributed by atoms with Gasteiger partial charge in [-0.3, -0.25) is 9.36 Å². The molecule has 158 valence electrons. The number of hydrogen-bond donors (Lipinski definition) is 0. The number of aromatic nitrogens is 1. The van der Waals surface area contributed by atoms with Crippen molar-refractivity contribution in [3.63, 3.8) is 0 Å². The largest absolute Gasteiger partial charge is 0.463 e. The Morgan fingerprint density at radius 1 is 1.16 bits per heavy atom. The first-order chi connectivity index (χ1) is 14.9. The van der Waals surface area contributed by atoms with Gasteiger partial charge in [0.15, 0.2) is 4.80 Å². The van der Waals surface area contributed by atoms with Gasteiger partial charge in [-0.05, 0) is 50.1 Å². The summed E-state index contributed by atoms with van der Waals surface area (Å²) in [6.07, 6.45) is 1.81. The maximum Gasteiger partial charge on any atom is 0.338 e. The molecule has 0 radical (unpaired) electrons. The zero-order chi connectivity index (χ0) is 22.1. The minimum atomic E-state index is -0.740. The number of allylic oxidation sites excluding steroid dienone is 1. The van der Waals surface area contributed by atoms with E-state index in [4.69, 9.17) is 4.74 Å². The number of thiazole rings is 1. The average Bonchev–Trinajstić information content (AvgIpc) is 3.04. The molecule has 0 saturated carbocycles. The number of fused-ring (bicyclic) bond motifs is 1. The SMILES string of the molecule is CCOC(=O)C1=C(C)N=c2s/c(=C\c3ccc(C)cc3)c(=O)n2[C@@H]1c1ccc(F)cc1. The van der Waals surface area contributed by atoms with Gasteiger partial charge in [0.25, 0.3) is 5.56 Å². The summed E-state index contributed by atoms with van der Waals surface area (Å²) in [5.41, 5.74) is 3.15. The van der Waals surface area contributed by atoms with E-state index in [1.165, 1.54) is 28.0 Å². The van der Waals surface area contributed by atoms with Gasteiger partial charge in [0.1, 0.15) is 5.82 Å². The normalized spacial score (nSPS) is 16.1. The first kappa shape index (κ1) is 20.9. The summed E-state index contributed by atoms with van der Waals surface area (Å²) in [6, 6.07) is 12.9. The topological polar surface area (TPSA) is 60.7 Å². The van der Waals surface area contributed by atoms with Crippen LogP contribution in [0.1, 0.15) is 36.6 Å². The van der Waals surface area contributed by atoms with Crippen LogP contribution in [0, 0.1) is 12.7 Å². The number of carbonyl (C=O) groups is 1. The van der Waals surface area contributed by atoms with Gasteiger partial charge in [0.2, 0.25) is 0 Å². The van der Waals surface area contributed by atoms with Crippen molar-refractivity contribution in [2.24, 2.45) is 4.99 Å². The molecule has 3 aromatic rings. The van der Waals surface area contributed by atoms with E-state index in [0.29, 0.717) is 20.6 Å². The van der Waals surface area contributed by atoms with E-state index in [-0.39, 0.29) is 17.7 Å². The number of aryl methyl sites for hydroxylation is 1. The summed E-state index contributed by atoms with van der Waals surface area (Å²) in [6.45, 7) is 5.64. The average molecular weight is 437 g/mol. The van der Waals surface area contributed by atoms with Gasteiger partial charge in [-0.25, -0.2) is 14.2 Å². The first-order valence-electron chi connectivity index (χ1n) is 9.91. The third-order valence-electron chi connectivity index (χ3n) is 5.08. The lowest BCUT2D eigenvalue weighted by Crippen LogP contribution is -2.39. The van der Waals surface area contributed by atoms with E-state index in [1.807, 2.05) is 37.3 Å². The fourth-order valence-corrected chi connectivity index (χ4v) is 4.61. The van der Waals surface area contributed by atoms with E-state index in [9.17, 15) is 14.0 Å². The van der Waals surface area contributed by atoms with Crippen LogP contribution < -0.4 is 14.9 Å². The number of hydrogen-bond acceptors (Lipinski definition) is 5. The van der Waals surface area contributed by atoms with Crippen LogP contribution in [-0.4, -0.2) is 17.1 Å².